The van der Waals surface area contributed by atoms with Crippen LogP contribution in [0.4, 0.5) is 0 Å². The predicted octanol–water partition coefficient (Wildman–Crippen LogP) is 2.84. The lowest BCUT2D eigenvalue weighted by molar-refractivity contribution is 0.0694. The first-order chi connectivity index (χ1) is 7.91. The molecule has 1 aromatic rings. The number of aromatic carboxylic acids is 1. The first-order valence-corrected chi connectivity index (χ1v) is 6.49. The third-order valence-corrected chi connectivity index (χ3v) is 4.52. The summed E-state index contributed by atoms with van der Waals surface area (Å²) in [5, 5.41) is 9.35. The number of hydrogen-bond acceptors (Lipinski definition) is 3. The van der Waals surface area contributed by atoms with Gasteiger partial charge in [0.15, 0.2) is 0 Å². The fraction of sp³-hybridized carbons (Fsp3) is 0.462. The van der Waals surface area contributed by atoms with Gasteiger partial charge in [-0.25, -0.2) is 4.79 Å². The van der Waals surface area contributed by atoms with Crippen molar-refractivity contribution in [1.82, 2.24) is 4.90 Å². The third-order valence-electron chi connectivity index (χ3n) is 2.92. The summed E-state index contributed by atoms with van der Waals surface area (Å²) in [5.41, 5.74) is 1.31. The molecule has 0 aliphatic carbocycles. The lowest BCUT2D eigenvalue weighted by Gasteiger charge is -2.20. The molecule has 17 heavy (non-hydrogen) atoms. The Morgan fingerprint density at radius 1 is 1.47 bits per heavy atom. The summed E-state index contributed by atoms with van der Waals surface area (Å²) in [6, 6.07) is 7.27. The lowest BCUT2D eigenvalue weighted by Crippen LogP contribution is -2.24. The van der Waals surface area contributed by atoms with Crippen LogP contribution in [0.5, 0.6) is 0 Å². The number of thioether (sulfide) groups is 1. The van der Waals surface area contributed by atoms with Crippen LogP contribution >= 0.6 is 11.8 Å². The molecule has 3 nitrogen and oxygen atoms in total. The van der Waals surface area contributed by atoms with Crippen molar-refractivity contribution in [3.63, 3.8) is 0 Å². The minimum atomic E-state index is -0.848. The fourth-order valence-electron chi connectivity index (χ4n) is 2.32. The van der Waals surface area contributed by atoms with Crippen molar-refractivity contribution in [3.8, 4) is 0 Å². The number of hydrogen-bond donors (Lipinski definition) is 1. The van der Waals surface area contributed by atoms with E-state index in [1.165, 1.54) is 0 Å². The monoisotopic (exact) mass is 251 g/mol. The number of carboxylic acids is 1. The first kappa shape index (κ1) is 12.5. The van der Waals surface area contributed by atoms with Gasteiger partial charge in [0.05, 0.1) is 10.9 Å². The van der Waals surface area contributed by atoms with Crippen LogP contribution in [0.1, 0.15) is 35.1 Å². The van der Waals surface area contributed by atoms with Crippen LogP contribution in [-0.4, -0.2) is 34.3 Å². The van der Waals surface area contributed by atoms with E-state index in [-0.39, 0.29) is 10.1 Å². The number of benzene rings is 1. The second-order valence-corrected chi connectivity index (χ2v) is 6.82. The highest BCUT2D eigenvalue weighted by Crippen LogP contribution is 2.47. The number of nitrogens with zero attached hydrogens (tertiary/aromatic N) is 1. The average Bonchev–Trinajstić information content (AvgIpc) is 2.52. The molecule has 1 aliphatic heterocycles. The van der Waals surface area contributed by atoms with Crippen molar-refractivity contribution in [2.75, 3.05) is 13.6 Å². The zero-order valence-corrected chi connectivity index (χ0v) is 11.1. The van der Waals surface area contributed by atoms with Gasteiger partial charge in [0, 0.05) is 11.3 Å². The van der Waals surface area contributed by atoms with Gasteiger partial charge in [-0.2, -0.15) is 0 Å². The molecule has 0 aromatic heterocycles. The first-order valence-electron chi connectivity index (χ1n) is 5.61. The van der Waals surface area contributed by atoms with Crippen LogP contribution in [0.2, 0.25) is 0 Å². The quantitative estimate of drug-likeness (QED) is 0.877. The molecule has 0 amide bonds. The topological polar surface area (TPSA) is 40.5 Å². The molecule has 1 aliphatic rings. The van der Waals surface area contributed by atoms with Crippen molar-refractivity contribution >= 4 is 17.7 Å². The lowest BCUT2D eigenvalue weighted by atomic mass is 10.1. The molecule has 0 radical (unpaired) electrons. The van der Waals surface area contributed by atoms with Crippen LogP contribution in [-0.2, 0) is 0 Å². The van der Waals surface area contributed by atoms with Gasteiger partial charge in [0.1, 0.15) is 0 Å². The second-order valence-electron chi connectivity index (χ2n) is 5.04. The smallest absolute Gasteiger partial charge is 0.336 e. The van der Waals surface area contributed by atoms with Gasteiger partial charge in [-0.15, -0.1) is 11.8 Å². The molecule has 1 heterocycles. The van der Waals surface area contributed by atoms with Crippen molar-refractivity contribution < 1.29 is 9.90 Å². The standard InChI is InChI=1S/C13H17NO2S/c1-13(2)8-14(3)11(17-13)9-6-4-5-7-10(9)12(15)16/h4-7,11H,8H2,1-3H3,(H,15,16). The summed E-state index contributed by atoms with van der Waals surface area (Å²) in [5.74, 6) is -0.848. The molecule has 1 unspecified atom stereocenters. The van der Waals surface area contributed by atoms with Crippen molar-refractivity contribution in [1.29, 1.82) is 0 Å². The molecule has 1 saturated heterocycles. The highest BCUT2D eigenvalue weighted by atomic mass is 32.2. The highest BCUT2D eigenvalue weighted by Gasteiger charge is 2.38. The van der Waals surface area contributed by atoms with E-state index in [9.17, 15) is 9.90 Å². The highest BCUT2D eigenvalue weighted by molar-refractivity contribution is 8.01. The minimum absolute atomic E-state index is 0.136. The van der Waals surface area contributed by atoms with E-state index in [2.05, 4.69) is 18.7 Å². The Balaban J connectivity index is 2.38. The zero-order chi connectivity index (χ0) is 12.6. The molecule has 2 rings (SSSR count). The Morgan fingerprint density at radius 2 is 2.12 bits per heavy atom. The molecule has 4 heteroatoms. The van der Waals surface area contributed by atoms with Gasteiger partial charge in [0.25, 0.3) is 0 Å². The second kappa shape index (κ2) is 4.35. The largest absolute Gasteiger partial charge is 0.478 e. The van der Waals surface area contributed by atoms with Crippen LogP contribution in [0.3, 0.4) is 0 Å². The van der Waals surface area contributed by atoms with E-state index < -0.39 is 5.97 Å². The maximum Gasteiger partial charge on any atom is 0.336 e. The molecule has 1 fully saturated rings. The van der Waals surface area contributed by atoms with E-state index >= 15 is 0 Å². The van der Waals surface area contributed by atoms with Gasteiger partial charge in [-0.3, -0.25) is 4.90 Å². The number of carbonyl (C=O) groups is 1. The molecular formula is C13H17NO2S. The Labute approximate surface area is 106 Å². The summed E-state index contributed by atoms with van der Waals surface area (Å²) in [7, 11) is 2.05. The predicted molar refractivity (Wildman–Crippen MR) is 70.4 cm³/mol. The normalized spacial score (nSPS) is 23.8. The summed E-state index contributed by atoms with van der Waals surface area (Å²) in [6.07, 6.45) is 0. The molecule has 0 bridgehead atoms. The van der Waals surface area contributed by atoms with Crippen molar-refractivity contribution in [3.05, 3.63) is 35.4 Å². The molecule has 0 saturated carbocycles. The van der Waals surface area contributed by atoms with E-state index in [1.54, 1.807) is 12.1 Å². The molecule has 1 atom stereocenters. The molecular weight excluding hydrogens is 234 g/mol. The minimum Gasteiger partial charge on any atom is -0.478 e. The van der Waals surface area contributed by atoms with Gasteiger partial charge in [-0.05, 0) is 32.5 Å². The molecule has 0 spiro atoms. The van der Waals surface area contributed by atoms with Crippen LogP contribution in [0, 0.1) is 0 Å². The zero-order valence-electron chi connectivity index (χ0n) is 10.3. The van der Waals surface area contributed by atoms with Gasteiger partial charge >= 0.3 is 5.97 Å². The Kier molecular flexibility index (Phi) is 3.19. The van der Waals surface area contributed by atoms with Gasteiger partial charge in [-0.1, -0.05) is 18.2 Å². The third kappa shape index (κ3) is 2.48. The number of carboxylic acid groups (broad SMARTS) is 1. The van der Waals surface area contributed by atoms with Crippen molar-refractivity contribution in [2.24, 2.45) is 0 Å². The Bertz CT molecular complexity index is 445. The molecule has 92 valence electrons. The van der Waals surface area contributed by atoms with Crippen LogP contribution in [0.15, 0.2) is 24.3 Å². The molecule has 1 N–H and O–H groups in total. The maximum atomic E-state index is 11.2. The van der Waals surface area contributed by atoms with E-state index in [0.29, 0.717) is 5.56 Å². The molecule has 1 aromatic carbocycles. The fourth-order valence-corrected chi connectivity index (χ4v) is 3.79. The Morgan fingerprint density at radius 3 is 2.65 bits per heavy atom. The summed E-state index contributed by atoms with van der Waals surface area (Å²) in [4.78, 5) is 13.4. The summed E-state index contributed by atoms with van der Waals surface area (Å²) in [6.45, 7) is 5.35. The maximum absolute atomic E-state index is 11.2. The van der Waals surface area contributed by atoms with Crippen molar-refractivity contribution in [2.45, 2.75) is 24.0 Å². The van der Waals surface area contributed by atoms with E-state index in [4.69, 9.17) is 0 Å². The van der Waals surface area contributed by atoms with Crippen LogP contribution in [0.25, 0.3) is 0 Å². The average molecular weight is 251 g/mol. The van der Waals surface area contributed by atoms with E-state index in [1.807, 2.05) is 30.9 Å². The van der Waals surface area contributed by atoms with Gasteiger partial charge < -0.3 is 5.11 Å². The number of rotatable bonds is 2. The SMILES string of the molecule is CN1CC(C)(C)SC1c1ccccc1C(=O)O. The van der Waals surface area contributed by atoms with Gasteiger partial charge in [0.2, 0.25) is 0 Å². The summed E-state index contributed by atoms with van der Waals surface area (Å²) >= 11 is 1.82. The Hall–Kier alpha value is -1.00. The summed E-state index contributed by atoms with van der Waals surface area (Å²) < 4.78 is 0.172. The van der Waals surface area contributed by atoms with E-state index in [0.717, 1.165) is 12.1 Å². The van der Waals surface area contributed by atoms with Crippen LogP contribution < -0.4 is 0 Å².